The summed E-state index contributed by atoms with van der Waals surface area (Å²) in [4.78, 5) is 15.8. The van der Waals surface area contributed by atoms with Gasteiger partial charge in [-0.1, -0.05) is 6.92 Å². The van der Waals surface area contributed by atoms with Crippen molar-refractivity contribution in [1.82, 2.24) is 10.3 Å². The number of carbonyl (C=O) groups excluding carboxylic acids is 1. The molecule has 1 aliphatic rings. The smallest absolute Gasteiger partial charge is 0.243 e. The normalized spacial score (nSPS) is 24.3. The van der Waals surface area contributed by atoms with Crippen LogP contribution in [0.5, 0.6) is 5.75 Å². The van der Waals surface area contributed by atoms with Crippen molar-refractivity contribution in [1.29, 1.82) is 0 Å². The van der Waals surface area contributed by atoms with Crippen molar-refractivity contribution in [3.63, 3.8) is 0 Å². The van der Waals surface area contributed by atoms with Gasteiger partial charge in [0.15, 0.2) is 11.6 Å². The van der Waals surface area contributed by atoms with Crippen LogP contribution >= 0.6 is 0 Å². The topological polar surface area (TPSA) is 74.2 Å². The fourth-order valence-corrected chi connectivity index (χ4v) is 1.87. The van der Waals surface area contributed by atoms with Crippen LogP contribution in [0, 0.1) is 5.92 Å². The zero-order chi connectivity index (χ0) is 11.5. The summed E-state index contributed by atoms with van der Waals surface area (Å²) in [6, 6.07) is 2.91. The molecule has 2 heterocycles. The predicted octanol–water partition coefficient (Wildman–Crippen LogP) is 0.724. The molecule has 0 saturated carbocycles. The second-order valence-electron chi connectivity index (χ2n) is 4.06. The number of nitrogens with zero attached hydrogens (tertiary/aromatic N) is 1. The van der Waals surface area contributed by atoms with E-state index in [-0.39, 0.29) is 23.5 Å². The van der Waals surface area contributed by atoms with Gasteiger partial charge in [-0.15, -0.1) is 0 Å². The van der Waals surface area contributed by atoms with E-state index in [0.29, 0.717) is 5.92 Å². The summed E-state index contributed by atoms with van der Waals surface area (Å²) in [5.74, 6) is 0.375. The van der Waals surface area contributed by atoms with Crippen molar-refractivity contribution in [2.75, 3.05) is 11.9 Å². The molecule has 1 aromatic rings. The third kappa shape index (κ3) is 2.14. The molecule has 2 unspecified atom stereocenters. The number of pyridine rings is 1. The van der Waals surface area contributed by atoms with Gasteiger partial charge >= 0.3 is 0 Å². The number of aromatic hydroxyl groups is 1. The number of aromatic nitrogens is 1. The minimum atomic E-state index is -0.193. The van der Waals surface area contributed by atoms with Crippen molar-refractivity contribution in [2.24, 2.45) is 5.92 Å². The standard InChI is InChI=1S/C11H15N3O2/c1-7-4-6-12-9(7)11(16)14-10-8(15)3-2-5-13-10/h2-3,5,7,9,12,15H,4,6H2,1H3,(H,13,14,16). The Labute approximate surface area is 93.9 Å². The SMILES string of the molecule is CC1CCNC1C(=O)Nc1ncccc1O. The van der Waals surface area contributed by atoms with E-state index in [2.05, 4.69) is 15.6 Å². The van der Waals surface area contributed by atoms with Crippen molar-refractivity contribution in [3.05, 3.63) is 18.3 Å². The number of rotatable bonds is 2. The second kappa shape index (κ2) is 4.49. The zero-order valence-corrected chi connectivity index (χ0v) is 9.10. The van der Waals surface area contributed by atoms with Crippen LogP contribution in [0.25, 0.3) is 0 Å². The van der Waals surface area contributed by atoms with Gasteiger partial charge in [0.05, 0.1) is 6.04 Å². The van der Waals surface area contributed by atoms with Gasteiger partial charge < -0.3 is 15.7 Å². The molecule has 0 radical (unpaired) electrons. The molecule has 1 amide bonds. The molecule has 1 aliphatic heterocycles. The number of hydrogen-bond donors (Lipinski definition) is 3. The fraction of sp³-hybridized carbons (Fsp3) is 0.455. The highest BCUT2D eigenvalue weighted by molar-refractivity contribution is 5.95. The first-order valence-electron chi connectivity index (χ1n) is 5.36. The Bertz CT molecular complexity index is 395. The van der Waals surface area contributed by atoms with E-state index < -0.39 is 0 Å². The quantitative estimate of drug-likeness (QED) is 0.688. The zero-order valence-electron chi connectivity index (χ0n) is 9.10. The molecule has 0 spiro atoms. The summed E-state index contributed by atoms with van der Waals surface area (Å²) in [5, 5.41) is 15.2. The Hall–Kier alpha value is -1.62. The van der Waals surface area contributed by atoms with Crippen LogP contribution in [0.3, 0.4) is 0 Å². The Balaban J connectivity index is 2.05. The maximum Gasteiger partial charge on any atom is 0.243 e. The van der Waals surface area contributed by atoms with Crippen molar-refractivity contribution in [2.45, 2.75) is 19.4 Å². The monoisotopic (exact) mass is 221 g/mol. The summed E-state index contributed by atoms with van der Waals surface area (Å²) in [6.07, 6.45) is 2.52. The summed E-state index contributed by atoms with van der Waals surface area (Å²) in [5.41, 5.74) is 0. The number of amides is 1. The fourth-order valence-electron chi connectivity index (χ4n) is 1.87. The highest BCUT2D eigenvalue weighted by Crippen LogP contribution is 2.20. The molecule has 1 fully saturated rings. The molecule has 86 valence electrons. The van der Waals surface area contributed by atoms with Gasteiger partial charge in [-0.25, -0.2) is 4.98 Å². The number of nitrogens with one attached hydrogen (secondary N) is 2. The lowest BCUT2D eigenvalue weighted by Crippen LogP contribution is -2.39. The molecule has 1 saturated heterocycles. The third-order valence-electron chi connectivity index (χ3n) is 2.84. The average molecular weight is 221 g/mol. The van der Waals surface area contributed by atoms with Gasteiger partial charge in [0, 0.05) is 6.20 Å². The number of hydrogen-bond acceptors (Lipinski definition) is 4. The van der Waals surface area contributed by atoms with E-state index in [4.69, 9.17) is 0 Å². The first-order valence-corrected chi connectivity index (χ1v) is 5.36. The van der Waals surface area contributed by atoms with Gasteiger partial charge in [-0.2, -0.15) is 0 Å². The van der Waals surface area contributed by atoms with E-state index in [1.807, 2.05) is 6.92 Å². The van der Waals surface area contributed by atoms with E-state index in [1.54, 1.807) is 6.07 Å². The van der Waals surface area contributed by atoms with E-state index in [0.717, 1.165) is 13.0 Å². The molecule has 2 rings (SSSR count). The molecule has 1 aromatic heterocycles. The summed E-state index contributed by atoms with van der Waals surface area (Å²) < 4.78 is 0. The maximum atomic E-state index is 11.9. The van der Waals surface area contributed by atoms with Crippen LogP contribution in [-0.2, 0) is 4.79 Å². The number of carbonyl (C=O) groups is 1. The van der Waals surface area contributed by atoms with Crippen LogP contribution in [0.15, 0.2) is 18.3 Å². The van der Waals surface area contributed by atoms with Crippen molar-refractivity contribution in [3.8, 4) is 5.75 Å². The lowest BCUT2D eigenvalue weighted by atomic mass is 10.0. The minimum absolute atomic E-state index is 0.0125. The van der Waals surface area contributed by atoms with Crippen LogP contribution in [0.2, 0.25) is 0 Å². The Morgan fingerprint density at radius 2 is 2.50 bits per heavy atom. The van der Waals surface area contributed by atoms with E-state index in [1.165, 1.54) is 12.3 Å². The maximum absolute atomic E-state index is 11.9. The summed E-state index contributed by atoms with van der Waals surface area (Å²) >= 11 is 0. The molecule has 5 nitrogen and oxygen atoms in total. The minimum Gasteiger partial charge on any atom is -0.504 e. The number of anilines is 1. The molecule has 5 heteroatoms. The van der Waals surface area contributed by atoms with Crippen LogP contribution in [-0.4, -0.2) is 28.6 Å². The molecular weight excluding hydrogens is 206 g/mol. The van der Waals surface area contributed by atoms with Gasteiger partial charge in [0.1, 0.15) is 0 Å². The van der Waals surface area contributed by atoms with E-state index >= 15 is 0 Å². The molecular formula is C11H15N3O2. The van der Waals surface area contributed by atoms with Crippen LogP contribution in [0.1, 0.15) is 13.3 Å². The van der Waals surface area contributed by atoms with Crippen molar-refractivity contribution < 1.29 is 9.90 Å². The molecule has 3 N–H and O–H groups in total. The Morgan fingerprint density at radius 3 is 3.12 bits per heavy atom. The van der Waals surface area contributed by atoms with Gasteiger partial charge in [0.2, 0.25) is 5.91 Å². The first-order chi connectivity index (χ1) is 7.68. The van der Waals surface area contributed by atoms with Gasteiger partial charge in [0.25, 0.3) is 0 Å². The molecule has 0 bridgehead atoms. The second-order valence-corrected chi connectivity index (χ2v) is 4.06. The summed E-state index contributed by atoms with van der Waals surface area (Å²) in [6.45, 7) is 2.88. The molecule has 2 atom stereocenters. The molecule has 0 aromatic carbocycles. The molecule has 0 aliphatic carbocycles. The third-order valence-corrected chi connectivity index (χ3v) is 2.84. The van der Waals surface area contributed by atoms with Crippen molar-refractivity contribution >= 4 is 11.7 Å². The summed E-state index contributed by atoms with van der Waals surface area (Å²) in [7, 11) is 0. The molecule has 16 heavy (non-hydrogen) atoms. The lowest BCUT2D eigenvalue weighted by Gasteiger charge is -2.15. The highest BCUT2D eigenvalue weighted by Gasteiger charge is 2.29. The Morgan fingerprint density at radius 1 is 1.69 bits per heavy atom. The Kier molecular flexibility index (Phi) is 3.05. The van der Waals surface area contributed by atoms with Gasteiger partial charge in [-0.3, -0.25) is 4.79 Å². The van der Waals surface area contributed by atoms with Crippen LogP contribution < -0.4 is 10.6 Å². The average Bonchev–Trinajstić information content (AvgIpc) is 2.68. The van der Waals surface area contributed by atoms with E-state index in [9.17, 15) is 9.90 Å². The predicted molar refractivity (Wildman–Crippen MR) is 60.1 cm³/mol. The largest absolute Gasteiger partial charge is 0.504 e. The van der Waals surface area contributed by atoms with Gasteiger partial charge in [-0.05, 0) is 31.0 Å². The first kappa shape index (κ1) is 10.9. The lowest BCUT2D eigenvalue weighted by molar-refractivity contribution is -0.118. The van der Waals surface area contributed by atoms with Crippen LogP contribution in [0.4, 0.5) is 5.82 Å². The highest BCUT2D eigenvalue weighted by atomic mass is 16.3.